The monoisotopic (exact) mass is 230 g/mol. The van der Waals surface area contributed by atoms with Gasteiger partial charge in [0.05, 0.1) is 12.1 Å². The highest BCUT2D eigenvalue weighted by Gasteiger charge is 2.38. The summed E-state index contributed by atoms with van der Waals surface area (Å²) in [6.45, 7) is 14.6. The molecule has 0 spiro atoms. The van der Waals surface area contributed by atoms with E-state index >= 15 is 0 Å². The number of nitrogens with zero attached hydrogens (tertiary/aromatic N) is 1. The highest BCUT2D eigenvalue weighted by molar-refractivity contribution is 4.94. The summed E-state index contributed by atoms with van der Waals surface area (Å²) in [6, 6.07) is 0. The summed E-state index contributed by atoms with van der Waals surface area (Å²) in [5.41, 5.74) is 6.01. The molecule has 2 N–H and O–H groups in total. The number of ether oxygens (including phenoxy) is 1. The highest BCUT2D eigenvalue weighted by atomic mass is 16.5. The third kappa shape index (κ3) is 3.72. The van der Waals surface area contributed by atoms with Crippen LogP contribution in [-0.4, -0.2) is 43.8 Å². The molecule has 0 rings (SSSR count). The van der Waals surface area contributed by atoms with Crippen LogP contribution < -0.4 is 5.73 Å². The second kappa shape index (κ2) is 7.25. The fraction of sp³-hybridized carbons (Fsp3) is 1.00. The van der Waals surface area contributed by atoms with Crippen LogP contribution in [0.1, 0.15) is 34.6 Å². The maximum atomic E-state index is 6.03. The highest BCUT2D eigenvalue weighted by Crippen LogP contribution is 2.25. The van der Waals surface area contributed by atoms with Crippen LogP contribution in [0.3, 0.4) is 0 Å². The van der Waals surface area contributed by atoms with Crippen molar-refractivity contribution in [2.24, 2.45) is 17.6 Å². The number of rotatable bonds is 8. The molecular weight excluding hydrogens is 200 g/mol. The second-order valence-corrected chi connectivity index (χ2v) is 5.33. The van der Waals surface area contributed by atoms with Crippen molar-refractivity contribution < 1.29 is 4.74 Å². The van der Waals surface area contributed by atoms with Gasteiger partial charge in [-0.15, -0.1) is 0 Å². The van der Waals surface area contributed by atoms with E-state index in [4.69, 9.17) is 10.5 Å². The molecule has 1 atom stereocenters. The number of methoxy groups -OCH3 is 1. The zero-order chi connectivity index (χ0) is 12.8. The molecule has 0 heterocycles. The summed E-state index contributed by atoms with van der Waals surface area (Å²) >= 11 is 0. The molecule has 0 aliphatic carbocycles. The number of hydrogen-bond donors (Lipinski definition) is 1. The van der Waals surface area contributed by atoms with Crippen molar-refractivity contribution in [3.05, 3.63) is 0 Å². The molecule has 0 bridgehead atoms. The molecule has 0 aromatic heterocycles. The Morgan fingerprint density at radius 3 is 2.06 bits per heavy atom. The minimum atomic E-state index is -0.0201. The lowest BCUT2D eigenvalue weighted by Gasteiger charge is -2.46. The van der Waals surface area contributed by atoms with Gasteiger partial charge in [0.2, 0.25) is 0 Å². The minimum Gasteiger partial charge on any atom is -0.383 e. The van der Waals surface area contributed by atoms with Crippen molar-refractivity contribution in [1.82, 2.24) is 4.90 Å². The van der Waals surface area contributed by atoms with Crippen molar-refractivity contribution in [1.29, 1.82) is 0 Å². The molecule has 3 heteroatoms. The Morgan fingerprint density at radius 2 is 1.81 bits per heavy atom. The molecule has 0 saturated heterocycles. The van der Waals surface area contributed by atoms with Gasteiger partial charge in [0.25, 0.3) is 0 Å². The summed E-state index contributed by atoms with van der Waals surface area (Å²) in [6.07, 6.45) is 0. The van der Waals surface area contributed by atoms with Crippen LogP contribution in [0.2, 0.25) is 0 Å². The Morgan fingerprint density at radius 1 is 1.25 bits per heavy atom. The zero-order valence-electron chi connectivity index (χ0n) is 11.9. The molecule has 0 radical (unpaired) electrons. The summed E-state index contributed by atoms with van der Waals surface area (Å²) in [5, 5.41) is 0. The van der Waals surface area contributed by atoms with Crippen molar-refractivity contribution in [2.75, 3.05) is 33.4 Å². The number of hydrogen-bond acceptors (Lipinski definition) is 3. The molecule has 0 fully saturated rings. The van der Waals surface area contributed by atoms with Gasteiger partial charge in [-0.2, -0.15) is 0 Å². The van der Waals surface area contributed by atoms with Crippen LogP contribution in [0.4, 0.5) is 0 Å². The van der Waals surface area contributed by atoms with E-state index in [-0.39, 0.29) is 5.54 Å². The fourth-order valence-electron chi connectivity index (χ4n) is 2.36. The summed E-state index contributed by atoms with van der Waals surface area (Å²) in [7, 11) is 1.76. The minimum absolute atomic E-state index is 0.0201. The van der Waals surface area contributed by atoms with E-state index in [1.54, 1.807) is 7.11 Å². The fourth-order valence-corrected chi connectivity index (χ4v) is 2.36. The molecule has 0 aliphatic heterocycles. The standard InChI is InChI=1S/C13H30N2O/c1-7-15(8-11(2)3)13(9-14,10-16-6)12(4)5/h11-12H,7-10,14H2,1-6H3. The van der Waals surface area contributed by atoms with Crippen molar-refractivity contribution in [3.63, 3.8) is 0 Å². The largest absolute Gasteiger partial charge is 0.383 e. The molecular formula is C13H30N2O. The first-order valence-corrected chi connectivity index (χ1v) is 6.38. The Hall–Kier alpha value is -0.120. The van der Waals surface area contributed by atoms with Gasteiger partial charge < -0.3 is 10.5 Å². The van der Waals surface area contributed by atoms with E-state index in [9.17, 15) is 0 Å². The van der Waals surface area contributed by atoms with Gasteiger partial charge in [0.15, 0.2) is 0 Å². The first-order valence-electron chi connectivity index (χ1n) is 6.38. The van der Waals surface area contributed by atoms with Crippen molar-refractivity contribution >= 4 is 0 Å². The lowest BCUT2D eigenvalue weighted by atomic mass is 9.84. The second-order valence-electron chi connectivity index (χ2n) is 5.33. The Labute approximate surface area is 101 Å². The SMILES string of the molecule is CCN(CC(C)C)C(CN)(COC)C(C)C. The maximum Gasteiger partial charge on any atom is 0.0661 e. The summed E-state index contributed by atoms with van der Waals surface area (Å²) in [4.78, 5) is 2.48. The van der Waals surface area contributed by atoms with Gasteiger partial charge in [0, 0.05) is 20.2 Å². The van der Waals surface area contributed by atoms with Crippen LogP contribution >= 0.6 is 0 Å². The van der Waals surface area contributed by atoms with Crippen LogP contribution in [0, 0.1) is 11.8 Å². The first-order chi connectivity index (χ1) is 7.44. The van der Waals surface area contributed by atoms with E-state index in [2.05, 4.69) is 39.5 Å². The molecule has 98 valence electrons. The van der Waals surface area contributed by atoms with Crippen molar-refractivity contribution in [3.8, 4) is 0 Å². The quantitative estimate of drug-likeness (QED) is 0.693. The van der Waals surface area contributed by atoms with Crippen LogP contribution in [-0.2, 0) is 4.74 Å². The van der Waals surface area contributed by atoms with E-state index in [0.717, 1.165) is 13.1 Å². The van der Waals surface area contributed by atoms with Gasteiger partial charge >= 0.3 is 0 Å². The molecule has 1 unspecified atom stereocenters. The number of likely N-dealkylation sites (N-methyl/N-ethyl adjacent to an activating group) is 1. The lowest BCUT2D eigenvalue weighted by molar-refractivity contribution is -0.0192. The third-order valence-corrected chi connectivity index (χ3v) is 3.42. The average molecular weight is 230 g/mol. The van der Waals surface area contributed by atoms with Gasteiger partial charge in [-0.1, -0.05) is 34.6 Å². The molecule has 0 aromatic carbocycles. The third-order valence-electron chi connectivity index (χ3n) is 3.42. The molecule has 0 amide bonds. The molecule has 0 aliphatic rings. The molecule has 16 heavy (non-hydrogen) atoms. The topological polar surface area (TPSA) is 38.5 Å². The zero-order valence-corrected chi connectivity index (χ0v) is 11.9. The lowest BCUT2D eigenvalue weighted by Crippen LogP contribution is -2.61. The maximum absolute atomic E-state index is 6.03. The predicted molar refractivity (Wildman–Crippen MR) is 70.6 cm³/mol. The molecule has 0 saturated carbocycles. The normalized spacial score (nSPS) is 16.1. The Bertz CT molecular complexity index is 183. The van der Waals surface area contributed by atoms with Gasteiger partial charge in [0.1, 0.15) is 0 Å². The van der Waals surface area contributed by atoms with Gasteiger partial charge in [-0.05, 0) is 18.4 Å². The van der Waals surface area contributed by atoms with Crippen LogP contribution in [0.25, 0.3) is 0 Å². The van der Waals surface area contributed by atoms with E-state index < -0.39 is 0 Å². The van der Waals surface area contributed by atoms with Crippen LogP contribution in [0.15, 0.2) is 0 Å². The van der Waals surface area contributed by atoms with E-state index in [1.165, 1.54) is 0 Å². The molecule has 3 nitrogen and oxygen atoms in total. The smallest absolute Gasteiger partial charge is 0.0661 e. The van der Waals surface area contributed by atoms with Gasteiger partial charge in [-0.25, -0.2) is 0 Å². The summed E-state index contributed by atoms with van der Waals surface area (Å²) < 4.78 is 5.40. The molecule has 0 aromatic rings. The average Bonchev–Trinajstić information content (AvgIpc) is 2.22. The summed E-state index contributed by atoms with van der Waals surface area (Å²) in [5.74, 6) is 1.15. The van der Waals surface area contributed by atoms with E-state index in [0.29, 0.717) is 25.0 Å². The van der Waals surface area contributed by atoms with Crippen molar-refractivity contribution in [2.45, 2.75) is 40.2 Å². The van der Waals surface area contributed by atoms with Crippen LogP contribution in [0.5, 0.6) is 0 Å². The number of nitrogens with two attached hydrogens (primary N) is 1. The predicted octanol–water partition coefficient (Wildman–Crippen LogP) is 1.96. The van der Waals surface area contributed by atoms with Gasteiger partial charge in [-0.3, -0.25) is 4.90 Å². The van der Waals surface area contributed by atoms with E-state index in [1.807, 2.05) is 0 Å². The first kappa shape index (κ1) is 15.9. The Kier molecular flexibility index (Phi) is 7.20. The Balaban J connectivity index is 4.93.